The van der Waals surface area contributed by atoms with Crippen molar-refractivity contribution >= 4 is 17.3 Å². The maximum Gasteiger partial charge on any atom is 0.285 e. The first-order valence-electron chi connectivity index (χ1n) is 5.24. The summed E-state index contributed by atoms with van der Waals surface area (Å²) in [5.74, 6) is 0.523. The number of halogens is 1. The van der Waals surface area contributed by atoms with Gasteiger partial charge in [-0.1, -0.05) is 25.4 Å². The highest BCUT2D eigenvalue weighted by Crippen LogP contribution is 2.17. The van der Waals surface area contributed by atoms with Crippen molar-refractivity contribution in [2.24, 2.45) is 11.7 Å². The molecule has 0 saturated heterocycles. The van der Waals surface area contributed by atoms with Gasteiger partial charge in [0.15, 0.2) is 0 Å². The summed E-state index contributed by atoms with van der Waals surface area (Å²) < 4.78 is 0. The third-order valence-electron chi connectivity index (χ3n) is 2.20. The van der Waals surface area contributed by atoms with Crippen LogP contribution < -0.4 is 16.6 Å². The van der Waals surface area contributed by atoms with Crippen LogP contribution >= 0.6 is 11.6 Å². The zero-order valence-electron chi connectivity index (χ0n) is 9.46. The maximum absolute atomic E-state index is 11.2. The van der Waals surface area contributed by atoms with Crippen molar-refractivity contribution in [3.63, 3.8) is 0 Å². The van der Waals surface area contributed by atoms with Gasteiger partial charge in [-0.3, -0.25) is 4.79 Å². The number of aromatic amines is 1. The lowest BCUT2D eigenvalue weighted by molar-refractivity contribution is 0.521. The molecule has 0 aliphatic rings. The summed E-state index contributed by atoms with van der Waals surface area (Å²) in [7, 11) is 0. The van der Waals surface area contributed by atoms with Crippen molar-refractivity contribution < 1.29 is 0 Å². The molecule has 0 aliphatic carbocycles. The first kappa shape index (κ1) is 13.0. The van der Waals surface area contributed by atoms with Gasteiger partial charge < -0.3 is 11.1 Å². The summed E-state index contributed by atoms with van der Waals surface area (Å²) in [6.45, 7) is 4.71. The highest BCUT2D eigenvalue weighted by atomic mass is 35.5. The minimum atomic E-state index is -0.396. The van der Waals surface area contributed by atoms with Gasteiger partial charge >= 0.3 is 0 Å². The van der Waals surface area contributed by atoms with Gasteiger partial charge in [0.1, 0.15) is 5.02 Å². The van der Waals surface area contributed by atoms with Crippen molar-refractivity contribution in [3.8, 4) is 0 Å². The van der Waals surface area contributed by atoms with E-state index in [2.05, 4.69) is 29.4 Å². The van der Waals surface area contributed by atoms with E-state index in [9.17, 15) is 4.79 Å². The predicted molar refractivity (Wildman–Crippen MR) is 65.8 cm³/mol. The number of nitrogens with one attached hydrogen (secondary N) is 2. The van der Waals surface area contributed by atoms with E-state index in [0.717, 1.165) is 6.42 Å². The summed E-state index contributed by atoms with van der Waals surface area (Å²) in [6, 6.07) is 0.0982. The van der Waals surface area contributed by atoms with Gasteiger partial charge in [-0.2, -0.15) is 5.10 Å². The lowest BCUT2D eigenvalue weighted by Crippen LogP contribution is -2.31. The fourth-order valence-corrected chi connectivity index (χ4v) is 1.63. The third-order valence-corrected chi connectivity index (χ3v) is 2.57. The normalized spacial score (nSPS) is 12.8. The molecule has 1 rings (SSSR count). The minimum absolute atomic E-state index is 0.0982. The van der Waals surface area contributed by atoms with Gasteiger partial charge in [0.25, 0.3) is 5.56 Å². The van der Waals surface area contributed by atoms with Crippen LogP contribution in [0.2, 0.25) is 5.02 Å². The van der Waals surface area contributed by atoms with Gasteiger partial charge in [-0.25, -0.2) is 5.10 Å². The van der Waals surface area contributed by atoms with Gasteiger partial charge in [-0.15, -0.1) is 0 Å². The molecule has 0 amide bonds. The molecule has 0 radical (unpaired) electrons. The van der Waals surface area contributed by atoms with Gasteiger partial charge in [-0.05, 0) is 12.3 Å². The molecular formula is C10H17ClN4O. The third kappa shape index (κ3) is 3.50. The van der Waals surface area contributed by atoms with Gasteiger partial charge in [0.05, 0.1) is 11.9 Å². The van der Waals surface area contributed by atoms with Crippen molar-refractivity contribution in [1.82, 2.24) is 10.2 Å². The van der Waals surface area contributed by atoms with E-state index in [4.69, 9.17) is 17.3 Å². The van der Waals surface area contributed by atoms with Crippen LogP contribution in [0, 0.1) is 5.92 Å². The molecule has 0 bridgehead atoms. The Hall–Kier alpha value is -1.07. The van der Waals surface area contributed by atoms with E-state index in [1.54, 1.807) is 0 Å². The fourth-order valence-electron chi connectivity index (χ4n) is 1.49. The first-order valence-corrected chi connectivity index (χ1v) is 5.62. The largest absolute Gasteiger partial charge is 0.378 e. The van der Waals surface area contributed by atoms with E-state index in [1.807, 2.05) is 0 Å². The van der Waals surface area contributed by atoms with Crippen LogP contribution in [0.25, 0.3) is 0 Å². The Morgan fingerprint density at radius 1 is 1.62 bits per heavy atom. The van der Waals surface area contributed by atoms with E-state index < -0.39 is 5.56 Å². The summed E-state index contributed by atoms with van der Waals surface area (Å²) in [6.07, 6.45) is 2.41. The molecule has 0 aliphatic heterocycles. The molecule has 1 aromatic heterocycles. The Labute approximate surface area is 99.4 Å². The summed E-state index contributed by atoms with van der Waals surface area (Å²) in [5, 5.41) is 9.20. The number of rotatable bonds is 5. The van der Waals surface area contributed by atoms with Crippen LogP contribution in [0.4, 0.5) is 5.69 Å². The Bertz CT molecular complexity index is 391. The predicted octanol–water partition coefficient (Wildman–Crippen LogP) is 1.21. The standard InChI is InChI=1S/C10H17ClN4O/c1-6(2)3-7(4-12)14-8-5-13-15-10(16)9(8)11/h5-7H,3-4,12H2,1-2H3,(H2,14,15,16). The molecule has 1 heterocycles. The number of anilines is 1. The Morgan fingerprint density at radius 2 is 2.31 bits per heavy atom. The fraction of sp³-hybridized carbons (Fsp3) is 0.600. The van der Waals surface area contributed by atoms with Crippen molar-refractivity contribution in [3.05, 3.63) is 21.6 Å². The molecule has 1 aromatic rings. The molecule has 0 spiro atoms. The average molecular weight is 245 g/mol. The van der Waals surface area contributed by atoms with Gasteiger partial charge in [0, 0.05) is 12.6 Å². The summed E-state index contributed by atoms with van der Waals surface area (Å²) in [5.41, 5.74) is 5.78. The highest BCUT2D eigenvalue weighted by Gasteiger charge is 2.12. The Kier molecular flexibility index (Phi) is 4.76. The molecule has 0 saturated carbocycles. The quantitative estimate of drug-likeness (QED) is 0.727. The van der Waals surface area contributed by atoms with Crippen molar-refractivity contribution in [2.45, 2.75) is 26.3 Å². The van der Waals surface area contributed by atoms with Crippen molar-refractivity contribution in [1.29, 1.82) is 0 Å². The SMILES string of the molecule is CC(C)CC(CN)Nc1cn[nH]c(=O)c1Cl. The molecule has 90 valence electrons. The van der Waals surface area contributed by atoms with Crippen LogP contribution in [0.3, 0.4) is 0 Å². The van der Waals surface area contributed by atoms with E-state index >= 15 is 0 Å². The van der Waals surface area contributed by atoms with Crippen molar-refractivity contribution in [2.75, 3.05) is 11.9 Å². The van der Waals surface area contributed by atoms with Crippen LogP contribution in [0.15, 0.2) is 11.0 Å². The van der Waals surface area contributed by atoms with Gasteiger partial charge in [0.2, 0.25) is 0 Å². The molecule has 4 N–H and O–H groups in total. The molecule has 1 atom stereocenters. The number of aromatic nitrogens is 2. The Morgan fingerprint density at radius 3 is 2.88 bits per heavy atom. The van der Waals surface area contributed by atoms with Crippen LogP contribution in [-0.2, 0) is 0 Å². The molecule has 1 unspecified atom stereocenters. The monoisotopic (exact) mass is 244 g/mol. The second-order valence-electron chi connectivity index (χ2n) is 4.13. The highest BCUT2D eigenvalue weighted by molar-refractivity contribution is 6.32. The number of nitrogens with two attached hydrogens (primary N) is 1. The second-order valence-corrected chi connectivity index (χ2v) is 4.51. The lowest BCUT2D eigenvalue weighted by atomic mass is 10.0. The zero-order chi connectivity index (χ0) is 12.1. The average Bonchev–Trinajstić information content (AvgIpc) is 2.23. The minimum Gasteiger partial charge on any atom is -0.378 e. The molecular weight excluding hydrogens is 228 g/mol. The molecule has 0 fully saturated rings. The topological polar surface area (TPSA) is 83.8 Å². The molecule has 5 nitrogen and oxygen atoms in total. The lowest BCUT2D eigenvalue weighted by Gasteiger charge is -2.20. The van der Waals surface area contributed by atoms with E-state index in [-0.39, 0.29) is 11.1 Å². The van der Waals surface area contributed by atoms with E-state index in [1.165, 1.54) is 6.20 Å². The maximum atomic E-state index is 11.2. The zero-order valence-corrected chi connectivity index (χ0v) is 10.2. The van der Waals surface area contributed by atoms with Crippen LogP contribution in [-0.4, -0.2) is 22.8 Å². The number of hydrogen-bond acceptors (Lipinski definition) is 4. The first-order chi connectivity index (χ1) is 7.54. The summed E-state index contributed by atoms with van der Waals surface area (Å²) in [4.78, 5) is 11.2. The smallest absolute Gasteiger partial charge is 0.285 e. The van der Waals surface area contributed by atoms with E-state index in [0.29, 0.717) is 18.2 Å². The number of H-pyrrole nitrogens is 1. The molecule has 16 heavy (non-hydrogen) atoms. The Balaban J connectivity index is 2.78. The van der Waals surface area contributed by atoms with Crippen LogP contribution in [0.5, 0.6) is 0 Å². The second kappa shape index (κ2) is 5.86. The molecule has 6 heteroatoms. The molecule has 0 aromatic carbocycles. The summed E-state index contributed by atoms with van der Waals surface area (Å²) >= 11 is 5.84. The van der Waals surface area contributed by atoms with Crippen LogP contribution in [0.1, 0.15) is 20.3 Å². The number of hydrogen-bond donors (Lipinski definition) is 3. The number of nitrogens with zero attached hydrogens (tertiary/aromatic N) is 1.